The van der Waals surface area contributed by atoms with Crippen molar-refractivity contribution in [2.24, 2.45) is 5.73 Å². The second-order valence-corrected chi connectivity index (χ2v) is 4.29. The van der Waals surface area contributed by atoms with Crippen molar-refractivity contribution < 1.29 is 9.53 Å². The van der Waals surface area contributed by atoms with Gasteiger partial charge in [0.05, 0.1) is 0 Å². The summed E-state index contributed by atoms with van der Waals surface area (Å²) in [5, 5.41) is 0. The van der Waals surface area contributed by atoms with Gasteiger partial charge in [0, 0.05) is 18.1 Å². The second kappa shape index (κ2) is 6.01. The Labute approximate surface area is 116 Å². The summed E-state index contributed by atoms with van der Waals surface area (Å²) in [7, 11) is 0. The lowest BCUT2D eigenvalue weighted by molar-refractivity contribution is 0.100. The zero-order valence-electron chi connectivity index (χ0n) is 11.2. The molecule has 2 rings (SSSR count). The van der Waals surface area contributed by atoms with Crippen molar-refractivity contribution in [2.45, 2.75) is 19.8 Å². The minimum Gasteiger partial charge on any atom is -0.439 e. The SMILES string of the molecule is CCCc1nc(N)cc(Oc2ccc(C(N)=O)cc2)n1. The molecule has 0 aliphatic heterocycles. The number of primary amides is 1. The lowest BCUT2D eigenvalue weighted by atomic mass is 10.2. The first-order valence-corrected chi connectivity index (χ1v) is 6.29. The van der Waals surface area contributed by atoms with Crippen molar-refractivity contribution >= 4 is 11.7 Å². The van der Waals surface area contributed by atoms with Crippen LogP contribution >= 0.6 is 0 Å². The molecule has 0 saturated heterocycles. The molecule has 1 amide bonds. The molecule has 1 aromatic carbocycles. The van der Waals surface area contributed by atoms with Crippen molar-refractivity contribution in [2.75, 3.05) is 5.73 Å². The summed E-state index contributed by atoms with van der Waals surface area (Å²) in [6.07, 6.45) is 1.66. The van der Waals surface area contributed by atoms with Crippen LogP contribution in [0, 0.1) is 0 Å². The van der Waals surface area contributed by atoms with Crippen molar-refractivity contribution in [1.82, 2.24) is 9.97 Å². The third-order valence-corrected chi connectivity index (χ3v) is 2.60. The number of carbonyl (C=O) groups excluding carboxylic acids is 1. The van der Waals surface area contributed by atoms with Crippen LogP contribution in [-0.4, -0.2) is 15.9 Å². The molecule has 0 atom stereocenters. The summed E-state index contributed by atoms with van der Waals surface area (Å²) in [6, 6.07) is 8.04. The van der Waals surface area contributed by atoms with E-state index in [2.05, 4.69) is 9.97 Å². The van der Waals surface area contributed by atoms with Crippen LogP contribution in [0.3, 0.4) is 0 Å². The van der Waals surface area contributed by atoms with Crippen molar-refractivity contribution in [3.05, 3.63) is 41.7 Å². The molecule has 104 valence electrons. The summed E-state index contributed by atoms with van der Waals surface area (Å²) < 4.78 is 5.60. The van der Waals surface area contributed by atoms with Gasteiger partial charge in [-0.25, -0.2) is 4.98 Å². The number of hydrogen-bond donors (Lipinski definition) is 2. The third-order valence-electron chi connectivity index (χ3n) is 2.60. The molecule has 0 aliphatic rings. The fourth-order valence-electron chi connectivity index (χ4n) is 1.69. The Morgan fingerprint density at radius 2 is 1.95 bits per heavy atom. The number of nitrogen functional groups attached to an aromatic ring is 1. The molecule has 0 fully saturated rings. The fraction of sp³-hybridized carbons (Fsp3) is 0.214. The Balaban J connectivity index is 2.18. The Morgan fingerprint density at radius 3 is 2.55 bits per heavy atom. The van der Waals surface area contributed by atoms with Crippen molar-refractivity contribution in [3.63, 3.8) is 0 Å². The van der Waals surface area contributed by atoms with Gasteiger partial charge in [0.15, 0.2) is 0 Å². The van der Waals surface area contributed by atoms with Crippen LogP contribution in [0.4, 0.5) is 5.82 Å². The predicted molar refractivity (Wildman–Crippen MR) is 75.5 cm³/mol. The van der Waals surface area contributed by atoms with E-state index in [-0.39, 0.29) is 0 Å². The van der Waals surface area contributed by atoms with Crippen LogP contribution in [0.5, 0.6) is 11.6 Å². The number of aryl methyl sites for hydroxylation is 1. The van der Waals surface area contributed by atoms with E-state index in [0.29, 0.717) is 28.8 Å². The van der Waals surface area contributed by atoms with E-state index < -0.39 is 5.91 Å². The van der Waals surface area contributed by atoms with E-state index in [4.69, 9.17) is 16.2 Å². The van der Waals surface area contributed by atoms with E-state index in [1.165, 1.54) is 0 Å². The first-order chi connectivity index (χ1) is 9.58. The maximum absolute atomic E-state index is 11.0. The van der Waals surface area contributed by atoms with Gasteiger partial charge in [0.2, 0.25) is 11.8 Å². The largest absolute Gasteiger partial charge is 0.439 e. The van der Waals surface area contributed by atoms with E-state index >= 15 is 0 Å². The van der Waals surface area contributed by atoms with Crippen LogP contribution in [0.2, 0.25) is 0 Å². The summed E-state index contributed by atoms with van der Waals surface area (Å²) >= 11 is 0. The number of nitrogens with zero attached hydrogens (tertiary/aromatic N) is 2. The summed E-state index contributed by atoms with van der Waals surface area (Å²) in [5.41, 5.74) is 11.3. The molecule has 2 aromatic rings. The molecular formula is C14H16N4O2. The van der Waals surface area contributed by atoms with Gasteiger partial charge < -0.3 is 16.2 Å². The number of ether oxygens (including phenoxy) is 1. The van der Waals surface area contributed by atoms with E-state index in [1.54, 1.807) is 30.3 Å². The molecule has 0 radical (unpaired) electrons. The van der Waals surface area contributed by atoms with Crippen LogP contribution in [0.25, 0.3) is 0 Å². The normalized spacial score (nSPS) is 10.2. The lowest BCUT2D eigenvalue weighted by Gasteiger charge is -2.07. The highest BCUT2D eigenvalue weighted by atomic mass is 16.5. The number of benzene rings is 1. The van der Waals surface area contributed by atoms with E-state index in [0.717, 1.165) is 12.8 Å². The summed E-state index contributed by atoms with van der Waals surface area (Å²) in [4.78, 5) is 19.4. The van der Waals surface area contributed by atoms with Gasteiger partial charge in [-0.2, -0.15) is 4.98 Å². The number of amides is 1. The summed E-state index contributed by atoms with van der Waals surface area (Å²) in [6.45, 7) is 2.04. The van der Waals surface area contributed by atoms with Crippen LogP contribution in [-0.2, 0) is 6.42 Å². The molecule has 1 aromatic heterocycles. The predicted octanol–water partition coefficient (Wildman–Crippen LogP) is 1.90. The molecule has 0 aliphatic carbocycles. The molecule has 6 nitrogen and oxygen atoms in total. The van der Waals surface area contributed by atoms with Crippen molar-refractivity contribution in [3.8, 4) is 11.6 Å². The van der Waals surface area contributed by atoms with E-state index in [1.807, 2.05) is 6.92 Å². The molecule has 20 heavy (non-hydrogen) atoms. The maximum Gasteiger partial charge on any atom is 0.248 e. The Bertz CT molecular complexity index is 611. The number of hydrogen-bond acceptors (Lipinski definition) is 5. The standard InChI is InChI=1S/C14H16N4O2/c1-2-3-12-17-11(15)8-13(18-12)20-10-6-4-9(5-7-10)14(16)19/h4-8H,2-3H2,1H3,(H2,16,19)(H2,15,17,18). The number of anilines is 1. The van der Waals surface area contributed by atoms with Crippen LogP contribution in [0.1, 0.15) is 29.5 Å². The number of aromatic nitrogens is 2. The number of carbonyl (C=O) groups is 1. The van der Waals surface area contributed by atoms with Gasteiger partial charge >= 0.3 is 0 Å². The molecule has 1 heterocycles. The van der Waals surface area contributed by atoms with Gasteiger partial charge in [0.1, 0.15) is 17.4 Å². The second-order valence-electron chi connectivity index (χ2n) is 4.29. The molecule has 6 heteroatoms. The van der Waals surface area contributed by atoms with Gasteiger partial charge in [-0.05, 0) is 30.7 Å². The monoisotopic (exact) mass is 272 g/mol. The molecule has 0 bridgehead atoms. The minimum atomic E-state index is -0.479. The summed E-state index contributed by atoms with van der Waals surface area (Å²) in [5.74, 6) is 1.47. The van der Waals surface area contributed by atoms with Crippen molar-refractivity contribution in [1.29, 1.82) is 0 Å². The van der Waals surface area contributed by atoms with E-state index in [9.17, 15) is 4.79 Å². The molecule has 0 spiro atoms. The lowest BCUT2D eigenvalue weighted by Crippen LogP contribution is -2.10. The smallest absolute Gasteiger partial charge is 0.248 e. The zero-order valence-corrected chi connectivity index (χ0v) is 11.2. The molecule has 0 unspecified atom stereocenters. The minimum absolute atomic E-state index is 0.368. The van der Waals surface area contributed by atoms with Gasteiger partial charge in [-0.1, -0.05) is 6.92 Å². The highest BCUT2D eigenvalue weighted by molar-refractivity contribution is 5.92. The molecular weight excluding hydrogens is 256 g/mol. The Kier molecular flexibility index (Phi) is 4.14. The van der Waals surface area contributed by atoms with Gasteiger partial charge in [-0.3, -0.25) is 4.79 Å². The Morgan fingerprint density at radius 1 is 1.25 bits per heavy atom. The van der Waals surface area contributed by atoms with Crippen LogP contribution < -0.4 is 16.2 Å². The first kappa shape index (κ1) is 13.8. The number of rotatable bonds is 5. The van der Waals surface area contributed by atoms with Crippen LogP contribution in [0.15, 0.2) is 30.3 Å². The average Bonchev–Trinajstić information content (AvgIpc) is 2.39. The van der Waals surface area contributed by atoms with Gasteiger partial charge in [-0.15, -0.1) is 0 Å². The third kappa shape index (κ3) is 3.44. The zero-order chi connectivity index (χ0) is 14.5. The quantitative estimate of drug-likeness (QED) is 0.865. The molecule has 0 saturated carbocycles. The highest BCUT2D eigenvalue weighted by Crippen LogP contribution is 2.21. The Hall–Kier alpha value is -2.63. The number of nitrogens with two attached hydrogens (primary N) is 2. The fourth-order valence-corrected chi connectivity index (χ4v) is 1.69. The maximum atomic E-state index is 11.0. The van der Waals surface area contributed by atoms with Gasteiger partial charge in [0.25, 0.3) is 0 Å². The average molecular weight is 272 g/mol. The molecule has 4 N–H and O–H groups in total. The highest BCUT2D eigenvalue weighted by Gasteiger charge is 2.05. The topological polar surface area (TPSA) is 104 Å². The first-order valence-electron chi connectivity index (χ1n) is 6.29.